The van der Waals surface area contributed by atoms with E-state index in [-0.39, 0.29) is 11.0 Å². The zero-order valence-electron chi connectivity index (χ0n) is 11.4. The number of nitrogens with two attached hydrogens (primary N) is 1. The summed E-state index contributed by atoms with van der Waals surface area (Å²) >= 11 is 2.05. The molecule has 2 aliphatic rings. The molecule has 2 rings (SSSR count). The van der Waals surface area contributed by atoms with E-state index in [1.807, 2.05) is 0 Å². The van der Waals surface area contributed by atoms with Crippen LogP contribution in [0.25, 0.3) is 0 Å². The standard InChI is InChI=1S/C13H26N2OS/c1-4-16-11-9-13(14,12(11,2)3)10-15-5-7-17-8-6-15/h11H,4-10,14H2,1-3H3. The van der Waals surface area contributed by atoms with E-state index in [1.54, 1.807) is 0 Å². The van der Waals surface area contributed by atoms with Crippen molar-refractivity contribution in [1.29, 1.82) is 0 Å². The fourth-order valence-electron chi connectivity index (χ4n) is 2.93. The van der Waals surface area contributed by atoms with Crippen LogP contribution in [-0.2, 0) is 4.74 Å². The Hall–Kier alpha value is 0.230. The molecule has 1 heterocycles. The first-order chi connectivity index (χ1) is 7.99. The van der Waals surface area contributed by atoms with Crippen molar-refractivity contribution in [3.63, 3.8) is 0 Å². The van der Waals surface area contributed by atoms with Gasteiger partial charge < -0.3 is 10.5 Å². The summed E-state index contributed by atoms with van der Waals surface area (Å²) in [5, 5.41) is 0. The van der Waals surface area contributed by atoms with Crippen molar-refractivity contribution in [2.24, 2.45) is 11.1 Å². The zero-order valence-corrected chi connectivity index (χ0v) is 12.2. The van der Waals surface area contributed by atoms with E-state index in [2.05, 4.69) is 37.4 Å². The van der Waals surface area contributed by atoms with Gasteiger partial charge in [-0.1, -0.05) is 13.8 Å². The normalized spacial score (nSPS) is 37.8. The minimum absolute atomic E-state index is 0.0607. The van der Waals surface area contributed by atoms with Crippen molar-refractivity contribution < 1.29 is 4.74 Å². The van der Waals surface area contributed by atoms with Crippen molar-refractivity contribution in [2.75, 3.05) is 37.7 Å². The summed E-state index contributed by atoms with van der Waals surface area (Å²) in [5.41, 5.74) is 6.65. The van der Waals surface area contributed by atoms with Crippen LogP contribution in [0.2, 0.25) is 0 Å². The molecule has 1 aliphatic carbocycles. The highest BCUT2D eigenvalue weighted by atomic mass is 32.2. The third-order valence-electron chi connectivity index (χ3n) is 4.62. The molecule has 2 unspecified atom stereocenters. The van der Waals surface area contributed by atoms with Crippen LogP contribution in [0.3, 0.4) is 0 Å². The molecule has 17 heavy (non-hydrogen) atoms. The van der Waals surface area contributed by atoms with Crippen LogP contribution in [0.4, 0.5) is 0 Å². The number of hydrogen-bond acceptors (Lipinski definition) is 4. The molecule has 0 aromatic rings. The zero-order chi connectivity index (χ0) is 12.5. The van der Waals surface area contributed by atoms with Gasteiger partial charge in [-0.25, -0.2) is 0 Å². The average molecular weight is 258 g/mol. The third-order valence-corrected chi connectivity index (χ3v) is 5.56. The fourth-order valence-corrected chi connectivity index (χ4v) is 3.91. The minimum Gasteiger partial charge on any atom is -0.378 e. The first-order valence-corrected chi connectivity index (χ1v) is 7.85. The Morgan fingerprint density at radius 3 is 2.53 bits per heavy atom. The molecule has 0 amide bonds. The molecule has 0 radical (unpaired) electrons. The molecule has 0 spiro atoms. The van der Waals surface area contributed by atoms with E-state index >= 15 is 0 Å². The van der Waals surface area contributed by atoms with Gasteiger partial charge in [0.25, 0.3) is 0 Å². The molecule has 2 atom stereocenters. The van der Waals surface area contributed by atoms with Gasteiger partial charge in [-0.2, -0.15) is 11.8 Å². The molecule has 3 nitrogen and oxygen atoms in total. The highest BCUT2D eigenvalue weighted by Gasteiger charge is 2.58. The molecule has 1 saturated carbocycles. The van der Waals surface area contributed by atoms with E-state index in [0.29, 0.717) is 6.10 Å². The van der Waals surface area contributed by atoms with Gasteiger partial charge in [0.2, 0.25) is 0 Å². The molecule has 1 aliphatic heterocycles. The molecule has 4 heteroatoms. The minimum atomic E-state index is -0.0607. The van der Waals surface area contributed by atoms with Crippen molar-refractivity contribution in [2.45, 2.75) is 38.8 Å². The van der Waals surface area contributed by atoms with E-state index in [0.717, 1.165) is 19.6 Å². The first kappa shape index (κ1) is 13.7. The Morgan fingerprint density at radius 1 is 1.35 bits per heavy atom. The monoisotopic (exact) mass is 258 g/mol. The Labute approximate surface area is 109 Å². The van der Waals surface area contributed by atoms with Crippen molar-refractivity contribution in [1.82, 2.24) is 4.90 Å². The predicted molar refractivity (Wildman–Crippen MR) is 74.5 cm³/mol. The second kappa shape index (κ2) is 5.08. The second-order valence-corrected chi connectivity index (χ2v) is 7.14. The smallest absolute Gasteiger partial charge is 0.0662 e. The third kappa shape index (κ3) is 2.50. The van der Waals surface area contributed by atoms with Crippen molar-refractivity contribution >= 4 is 11.8 Å². The lowest BCUT2D eigenvalue weighted by molar-refractivity contribution is -0.156. The van der Waals surface area contributed by atoms with Gasteiger partial charge >= 0.3 is 0 Å². The van der Waals surface area contributed by atoms with Gasteiger partial charge in [0, 0.05) is 48.7 Å². The number of ether oxygens (including phenoxy) is 1. The molecule has 0 aromatic carbocycles. The van der Waals surface area contributed by atoms with Gasteiger partial charge in [0.15, 0.2) is 0 Å². The highest BCUT2D eigenvalue weighted by Crippen LogP contribution is 2.50. The number of thioether (sulfide) groups is 1. The molecular weight excluding hydrogens is 232 g/mol. The van der Waals surface area contributed by atoms with E-state index in [4.69, 9.17) is 10.5 Å². The van der Waals surface area contributed by atoms with Gasteiger partial charge in [-0.05, 0) is 13.3 Å². The van der Waals surface area contributed by atoms with Crippen LogP contribution < -0.4 is 5.73 Å². The quantitative estimate of drug-likeness (QED) is 0.831. The lowest BCUT2D eigenvalue weighted by Gasteiger charge is -2.60. The Kier molecular flexibility index (Phi) is 4.08. The summed E-state index contributed by atoms with van der Waals surface area (Å²) in [5.74, 6) is 2.51. The van der Waals surface area contributed by atoms with Crippen LogP contribution in [-0.4, -0.2) is 54.3 Å². The van der Waals surface area contributed by atoms with Crippen LogP contribution in [0.15, 0.2) is 0 Å². The fraction of sp³-hybridized carbons (Fsp3) is 1.00. The first-order valence-electron chi connectivity index (χ1n) is 6.70. The lowest BCUT2D eigenvalue weighted by atomic mass is 9.54. The van der Waals surface area contributed by atoms with Gasteiger partial charge in [0.1, 0.15) is 0 Å². The van der Waals surface area contributed by atoms with Crippen LogP contribution in [0, 0.1) is 5.41 Å². The molecule has 100 valence electrons. The summed E-state index contributed by atoms with van der Waals surface area (Å²) in [4.78, 5) is 2.53. The summed E-state index contributed by atoms with van der Waals surface area (Å²) in [7, 11) is 0. The maximum atomic E-state index is 6.60. The molecule has 1 saturated heterocycles. The lowest BCUT2D eigenvalue weighted by Crippen LogP contribution is -2.73. The summed E-state index contributed by atoms with van der Waals surface area (Å²) in [6.07, 6.45) is 1.36. The van der Waals surface area contributed by atoms with Crippen LogP contribution in [0.1, 0.15) is 27.2 Å². The Morgan fingerprint density at radius 2 is 2.00 bits per heavy atom. The Balaban J connectivity index is 1.91. The number of nitrogens with zero attached hydrogens (tertiary/aromatic N) is 1. The highest BCUT2D eigenvalue weighted by molar-refractivity contribution is 7.99. The van der Waals surface area contributed by atoms with Gasteiger partial charge in [-0.15, -0.1) is 0 Å². The van der Waals surface area contributed by atoms with Crippen LogP contribution >= 0.6 is 11.8 Å². The van der Waals surface area contributed by atoms with E-state index in [1.165, 1.54) is 24.6 Å². The predicted octanol–water partition coefficient (Wildman–Crippen LogP) is 1.57. The average Bonchev–Trinajstić information content (AvgIpc) is 2.30. The number of hydrogen-bond donors (Lipinski definition) is 1. The van der Waals surface area contributed by atoms with Crippen molar-refractivity contribution in [3.8, 4) is 0 Å². The summed E-state index contributed by atoms with van der Waals surface area (Å²) < 4.78 is 5.78. The second-order valence-electron chi connectivity index (χ2n) is 5.91. The van der Waals surface area contributed by atoms with E-state index < -0.39 is 0 Å². The molecule has 2 fully saturated rings. The van der Waals surface area contributed by atoms with Gasteiger partial charge in [0.05, 0.1) is 6.10 Å². The maximum absolute atomic E-state index is 6.60. The maximum Gasteiger partial charge on any atom is 0.0662 e. The van der Waals surface area contributed by atoms with Crippen LogP contribution in [0.5, 0.6) is 0 Å². The largest absolute Gasteiger partial charge is 0.378 e. The Bertz CT molecular complexity index is 266. The summed E-state index contributed by atoms with van der Waals surface area (Å²) in [6, 6.07) is 0. The van der Waals surface area contributed by atoms with E-state index in [9.17, 15) is 0 Å². The molecule has 0 bridgehead atoms. The van der Waals surface area contributed by atoms with Gasteiger partial charge in [-0.3, -0.25) is 4.90 Å². The molecular formula is C13H26N2OS. The van der Waals surface area contributed by atoms with Crippen molar-refractivity contribution in [3.05, 3.63) is 0 Å². The summed E-state index contributed by atoms with van der Waals surface area (Å²) in [6.45, 7) is 10.8. The molecule has 2 N–H and O–H groups in total. The number of rotatable bonds is 4. The topological polar surface area (TPSA) is 38.5 Å². The SMILES string of the molecule is CCOC1CC(N)(CN2CCSCC2)C1(C)C. The molecule has 0 aromatic heterocycles.